The van der Waals surface area contributed by atoms with Crippen molar-refractivity contribution in [1.29, 1.82) is 0 Å². The fraction of sp³-hybridized carbons (Fsp3) is 0.450. The number of carbonyl (C=O) groups excluding carboxylic acids is 1. The van der Waals surface area contributed by atoms with E-state index < -0.39 is 17.6 Å². The monoisotopic (exact) mass is 439 g/mol. The smallest absolute Gasteiger partial charge is 0.373 e. The SMILES string of the molecule is CNc1nc(SC)ncc1CNC1CC(C)(C)N(C(=O)C(F)(F)F)c2ccccc21. The first kappa shape index (κ1) is 22.4. The van der Waals surface area contributed by atoms with Gasteiger partial charge in [0.1, 0.15) is 5.82 Å². The first-order valence-electron chi connectivity index (χ1n) is 9.40. The third-order valence-corrected chi connectivity index (χ3v) is 5.67. The van der Waals surface area contributed by atoms with Crippen LogP contribution < -0.4 is 15.5 Å². The highest BCUT2D eigenvalue weighted by Crippen LogP contribution is 2.44. The lowest BCUT2D eigenvalue weighted by Crippen LogP contribution is -2.57. The first-order chi connectivity index (χ1) is 14.1. The lowest BCUT2D eigenvalue weighted by molar-refractivity contribution is -0.171. The van der Waals surface area contributed by atoms with Crippen LogP contribution in [0.1, 0.15) is 37.4 Å². The van der Waals surface area contributed by atoms with E-state index in [1.54, 1.807) is 51.4 Å². The van der Waals surface area contributed by atoms with Crippen LogP contribution in [0.3, 0.4) is 0 Å². The number of nitrogens with zero attached hydrogens (tertiary/aromatic N) is 3. The average molecular weight is 440 g/mol. The Labute approximate surface area is 177 Å². The van der Waals surface area contributed by atoms with E-state index in [1.165, 1.54) is 11.8 Å². The van der Waals surface area contributed by atoms with Gasteiger partial charge in [0.2, 0.25) is 0 Å². The number of thioether (sulfide) groups is 1. The zero-order valence-corrected chi connectivity index (χ0v) is 18.0. The van der Waals surface area contributed by atoms with Crippen molar-refractivity contribution in [1.82, 2.24) is 15.3 Å². The van der Waals surface area contributed by atoms with E-state index in [0.717, 1.165) is 10.5 Å². The molecule has 0 saturated heterocycles. The van der Waals surface area contributed by atoms with Crippen LogP contribution in [0.15, 0.2) is 35.6 Å². The van der Waals surface area contributed by atoms with Gasteiger partial charge in [-0.15, -0.1) is 0 Å². The second-order valence-electron chi connectivity index (χ2n) is 7.63. The first-order valence-corrected chi connectivity index (χ1v) is 10.6. The minimum absolute atomic E-state index is 0.238. The molecule has 2 N–H and O–H groups in total. The average Bonchev–Trinajstić information content (AvgIpc) is 2.70. The molecule has 3 rings (SSSR count). The summed E-state index contributed by atoms with van der Waals surface area (Å²) in [5.41, 5.74) is 0.752. The zero-order chi connectivity index (χ0) is 22.1. The lowest BCUT2D eigenvalue weighted by atomic mass is 9.83. The molecule has 1 atom stereocenters. The van der Waals surface area contributed by atoms with Crippen LogP contribution in [0, 0.1) is 0 Å². The van der Waals surface area contributed by atoms with Gasteiger partial charge in [-0.3, -0.25) is 9.69 Å². The fourth-order valence-electron chi connectivity index (χ4n) is 3.77. The molecule has 1 aromatic carbocycles. The molecule has 1 amide bonds. The van der Waals surface area contributed by atoms with E-state index in [0.29, 0.717) is 29.5 Å². The molecule has 6 nitrogen and oxygen atoms in total. The maximum Gasteiger partial charge on any atom is 0.471 e. The summed E-state index contributed by atoms with van der Waals surface area (Å²) < 4.78 is 39.8. The predicted molar refractivity (Wildman–Crippen MR) is 112 cm³/mol. The number of aromatic nitrogens is 2. The highest BCUT2D eigenvalue weighted by molar-refractivity contribution is 7.98. The Kier molecular flexibility index (Phi) is 6.28. The molecule has 0 saturated carbocycles. The Morgan fingerprint density at radius 3 is 2.67 bits per heavy atom. The summed E-state index contributed by atoms with van der Waals surface area (Å²) in [5.74, 6) is -1.16. The zero-order valence-electron chi connectivity index (χ0n) is 17.2. The number of carbonyl (C=O) groups is 1. The molecule has 1 unspecified atom stereocenters. The number of amides is 1. The summed E-state index contributed by atoms with van der Waals surface area (Å²) in [6.45, 7) is 3.72. The second kappa shape index (κ2) is 8.43. The molecule has 30 heavy (non-hydrogen) atoms. The van der Waals surface area contributed by atoms with E-state index in [9.17, 15) is 18.0 Å². The molecule has 2 aromatic rings. The summed E-state index contributed by atoms with van der Waals surface area (Å²) in [5, 5.41) is 7.11. The van der Waals surface area contributed by atoms with Gasteiger partial charge in [-0.05, 0) is 38.2 Å². The van der Waals surface area contributed by atoms with Crippen LogP contribution in [0.5, 0.6) is 0 Å². The van der Waals surface area contributed by atoms with Crippen molar-refractivity contribution in [3.63, 3.8) is 0 Å². The Bertz CT molecular complexity index is 935. The minimum atomic E-state index is -4.94. The topological polar surface area (TPSA) is 70.2 Å². The number of para-hydroxylation sites is 1. The Morgan fingerprint density at radius 1 is 1.33 bits per heavy atom. The number of benzene rings is 1. The minimum Gasteiger partial charge on any atom is -0.373 e. The summed E-state index contributed by atoms with van der Waals surface area (Å²) >= 11 is 1.44. The van der Waals surface area contributed by atoms with Crippen molar-refractivity contribution in [2.75, 3.05) is 23.5 Å². The number of halogens is 3. The standard InChI is InChI=1S/C20H24F3N5OS/c1-19(2)9-14(25-10-12-11-26-18(30-4)27-16(12)24-3)13-7-5-6-8-15(13)28(19)17(29)20(21,22)23/h5-8,11,14,25H,9-10H2,1-4H3,(H,24,26,27). The van der Waals surface area contributed by atoms with Gasteiger partial charge >= 0.3 is 12.1 Å². The van der Waals surface area contributed by atoms with Crippen LogP contribution in [0.25, 0.3) is 0 Å². The third kappa shape index (κ3) is 4.39. The van der Waals surface area contributed by atoms with Gasteiger partial charge in [0.05, 0.1) is 0 Å². The molecule has 10 heteroatoms. The maximum atomic E-state index is 13.3. The largest absolute Gasteiger partial charge is 0.471 e. The van der Waals surface area contributed by atoms with Gasteiger partial charge in [-0.25, -0.2) is 9.97 Å². The molecule has 1 aromatic heterocycles. The van der Waals surface area contributed by atoms with Gasteiger partial charge in [0.25, 0.3) is 0 Å². The number of rotatable bonds is 5. The lowest BCUT2D eigenvalue weighted by Gasteiger charge is -2.46. The molecule has 0 radical (unpaired) electrons. The van der Waals surface area contributed by atoms with Crippen molar-refractivity contribution in [2.45, 2.75) is 49.7 Å². The quantitative estimate of drug-likeness (QED) is 0.539. The number of nitrogens with one attached hydrogen (secondary N) is 2. The molecule has 0 fully saturated rings. The molecular formula is C20H24F3N5OS. The normalized spacial score (nSPS) is 18.1. The summed E-state index contributed by atoms with van der Waals surface area (Å²) in [6, 6.07) is 6.48. The predicted octanol–water partition coefficient (Wildman–Crippen LogP) is 4.15. The number of hydrogen-bond donors (Lipinski definition) is 2. The van der Waals surface area contributed by atoms with Crippen molar-refractivity contribution in [3.8, 4) is 0 Å². The van der Waals surface area contributed by atoms with Gasteiger partial charge < -0.3 is 10.6 Å². The molecule has 162 valence electrons. The summed E-state index contributed by atoms with van der Waals surface area (Å²) in [6.07, 6.45) is -0.994. The van der Waals surface area contributed by atoms with Gasteiger partial charge in [0, 0.05) is 42.6 Å². The van der Waals surface area contributed by atoms with Crippen molar-refractivity contribution in [3.05, 3.63) is 41.6 Å². The second-order valence-corrected chi connectivity index (χ2v) is 8.40. The maximum absolute atomic E-state index is 13.3. The number of fused-ring (bicyclic) bond motifs is 1. The van der Waals surface area contributed by atoms with Gasteiger partial charge in [0.15, 0.2) is 5.16 Å². The van der Waals surface area contributed by atoms with Crippen LogP contribution in [0.4, 0.5) is 24.7 Å². The highest BCUT2D eigenvalue weighted by atomic mass is 32.2. The molecule has 0 aliphatic carbocycles. The molecule has 1 aliphatic rings. The van der Waals surface area contributed by atoms with Crippen LogP contribution in [-0.2, 0) is 11.3 Å². The number of alkyl halides is 3. The summed E-state index contributed by atoms with van der Waals surface area (Å²) in [7, 11) is 1.77. The summed E-state index contributed by atoms with van der Waals surface area (Å²) in [4.78, 5) is 21.8. The number of anilines is 2. The Balaban J connectivity index is 1.91. The van der Waals surface area contributed by atoms with Crippen molar-refractivity contribution >= 4 is 29.2 Å². The van der Waals surface area contributed by atoms with E-state index in [1.807, 2.05) is 6.26 Å². The molecule has 0 bridgehead atoms. The third-order valence-electron chi connectivity index (χ3n) is 5.11. The van der Waals surface area contributed by atoms with Crippen LogP contribution >= 0.6 is 11.8 Å². The number of hydrogen-bond acceptors (Lipinski definition) is 6. The molecule has 2 heterocycles. The van der Waals surface area contributed by atoms with Gasteiger partial charge in [-0.1, -0.05) is 30.0 Å². The molecule has 1 aliphatic heterocycles. The van der Waals surface area contributed by atoms with Gasteiger partial charge in [-0.2, -0.15) is 13.2 Å². The Morgan fingerprint density at radius 2 is 2.03 bits per heavy atom. The molecular weight excluding hydrogens is 415 g/mol. The van der Waals surface area contributed by atoms with E-state index in [2.05, 4.69) is 20.6 Å². The van der Waals surface area contributed by atoms with Crippen LogP contribution in [0.2, 0.25) is 0 Å². The van der Waals surface area contributed by atoms with Crippen molar-refractivity contribution < 1.29 is 18.0 Å². The van der Waals surface area contributed by atoms with Crippen molar-refractivity contribution in [2.24, 2.45) is 0 Å². The highest BCUT2D eigenvalue weighted by Gasteiger charge is 2.50. The van der Waals surface area contributed by atoms with E-state index >= 15 is 0 Å². The molecule has 0 spiro atoms. The fourth-order valence-corrected chi connectivity index (χ4v) is 4.11. The van der Waals surface area contributed by atoms with E-state index in [4.69, 9.17) is 0 Å². The van der Waals surface area contributed by atoms with Crippen LogP contribution in [-0.4, -0.2) is 40.9 Å². The Hall–Kier alpha value is -2.33. The van der Waals surface area contributed by atoms with E-state index in [-0.39, 0.29) is 11.7 Å².